The molecule has 1 amide bonds. The first-order chi connectivity index (χ1) is 16.7. The summed E-state index contributed by atoms with van der Waals surface area (Å²) in [6.45, 7) is 6.70. The zero-order valence-corrected chi connectivity index (χ0v) is 22.5. The Balaban J connectivity index is 1.74. The Labute approximate surface area is 213 Å². The molecule has 1 aromatic heterocycles. The van der Waals surface area contributed by atoms with Crippen molar-refractivity contribution in [2.75, 3.05) is 6.54 Å². The van der Waals surface area contributed by atoms with Crippen LogP contribution in [-0.2, 0) is 17.9 Å². The van der Waals surface area contributed by atoms with E-state index in [1.807, 2.05) is 18.2 Å². The van der Waals surface area contributed by atoms with Crippen LogP contribution in [0.4, 0.5) is 0 Å². The second kappa shape index (κ2) is 17.7. The summed E-state index contributed by atoms with van der Waals surface area (Å²) in [5.74, 6) is 0.301. The van der Waals surface area contributed by atoms with Crippen molar-refractivity contribution in [3.05, 3.63) is 58.9 Å². The van der Waals surface area contributed by atoms with Crippen LogP contribution in [0.3, 0.4) is 0 Å². The van der Waals surface area contributed by atoms with Crippen LogP contribution in [0.25, 0.3) is 0 Å². The number of aromatic nitrogens is 1. The molecule has 3 nitrogen and oxygen atoms in total. The Hall–Kier alpha value is -1.74. The van der Waals surface area contributed by atoms with Gasteiger partial charge in [0.15, 0.2) is 0 Å². The third-order valence-corrected chi connectivity index (χ3v) is 7.07. The topological polar surface area (TPSA) is 25.2 Å². The highest BCUT2D eigenvalue weighted by Gasteiger charge is 2.15. The van der Waals surface area contributed by atoms with Gasteiger partial charge in [0.05, 0.1) is 6.54 Å². The lowest BCUT2D eigenvalue weighted by Crippen LogP contribution is -2.32. The molecule has 1 aromatic carbocycles. The van der Waals surface area contributed by atoms with E-state index in [0.717, 1.165) is 42.9 Å². The van der Waals surface area contributed by atoms with Crippen molar-refractivity contribution >= 4 is 17.5 Å². The summed E-state index contributed by atoms with van der Waals surface area (Å²) in [5.41, 5.74) is 2.28. The zero-order chi connectivity index (χ0) is 24.4. The van der Waals surface area contributed by atoms with Gasteiger partial charge in [0.2, 0.25) is 5.91 Å². The van der Waals surface area contributed by atoms with Crippen molar-refractivity contribution < 1.29 is 4.79 Å². The summed E-state index contributed by atoms with van der Waals surface area (Å²) in [4.78, 5) is 15.1. The second-order valence-electron chi connectivity index (χ2n) is 9.67. The van der Waals surface area contributed by atoms with Crippen LogP contribution in [0, 0.1) is 0 Å². The minimum Gasteiger partial charge on any atom is -0.345 e. The zero-order valence-electron chi connectivity index (χ0n) is 21.7. The molecule has 0 spiro atoms. The first-order valence-corrected chi connectivity index (χ1v) is 14.2. The number of hydrogen-bond acceptors (Lipinski definition) is 1. The molecular formula is C30H47ClN2O. The van der Waals surface area contributed by atoms with Gasteiger partial charge in [-0.15, -0.1) is 0 Å². The number of carbonyl (C=O) groups excluding carboxylic acids is 1. The molecule has 0 aliphatic rings. The van der Waals surface area contributed by atoms with Crippen molar-refractivity contribution in [3.8, 4) is 0 Å². The van der Waals surface area contributed by atoms with Gasteiger partial charge in [-0.2, -0.15) is 0 Å². The number of rotatable bonds is 19. The Bertz CT molecular complexity index is 801. The molecule has 2 rings (SSSR count). The summed E-state index contributed by atoms with van der Waals surface area (Å²) < 4.78 is 2.22. The fraction of sp³-hybridized carbons (Fsp3) is 0.633. The van der Waals surface area contributed by atoms with Crippen molar-refractivity contribution in [1.82, 2.24) is 9.47 Å². The van der Waals surface area contributed by atoms with E-state index >= 15 is 0 Å². The van der Waals surface area contributed by atoms with Gasteiger partial charge in [0.25, 0.3) is 0 Å². The fourth-order valence-electron chi connectivity index (χ4n) is 4.49. The average molecular weight is 487 g/mol. The molecule has 190 valence electrons. The third-order valence-electron chi connectivity index (χ3n) is 6.70. The summed E-state index contributed by atoms with van der Waals surface area (Å²) in [6, 6.07) is 12.2. The molecule has 0 atom stereocenters. The Kier molecular flexibility index (Phi) is 14.8. The maximum absolute atomic E-state index is 13.1. The van der Waals surface area contributed by atoms with Crippen LogP contribution in [0.5, 0.6) is 0 Å². The van der Waals surface area contributed by atoms with Gasteiger partial charge in [0.1, 0.15) is 0 Å². The number of amides is 1. The molecule has 0 N–H and O–H groups in total. The number of halogens is 1. The van der Waals surface area contributed by atoms with Crippen LogP contribution in [0.2, 0.25) is 5.02 Å². The molecular weight excluding hydrogens is 440 g/mol. The van der Waals surface area contributed by atoms with E-state index in [0.29, 0.717) is 18.9 Å². The van der Waals surface area contributed by atoms with Gasteiger partial charge < -0.3 is 9.47 Å². The van der Waals surface area contributed by atoms with Crippen LogP contribution in [0.15, 0.2) is 42.6 Å². The molecule has 0 saturated carbocycles. The highest BCUT2D eigenvalue weighted by Crippen LogP contribution is 2.19. The van der Waals surface area contributed by atoms with Crippen molar-refractivity contribution in [3.63, 3.8) is 0 Å². The normalized spacial score (nSPS) is 11.1. The quantitative estimate of drug-likeness (QED) is 0.182. The van der Waals surface area contributed by atoms with Crippen molar-refractivity contribution in [2.24, 2.45) is 0 Å². The molecule has 0 radical (unpaired) electrons. The molecule has 0 saturated heterocycles. The Morgan fingerprint density at radius 2 is 1.41 bits per heavy atom. The average Bonchev–Trinajstić information content (AvgIpc) is 3.28. The molecule has 0 unspecified atom stereocenters. The highest BCUT2D eigenvalue weighted by molar-refractivity contribution is 6.31. The van der Waals surface area contributed by atoms with Gasteiger partial charge in [-0.3, -0.25) is 4.79 Å². The molecule has 34 heavy (non-hydrogen) atoms. The number of nitrogens with zero attached hydrogens (tertiary/aromatic N) is 2. The molecule has 0 bridgehead atoms. The lowest BCUT2D eigenvalue weighted by Gasteiger charge is -2.24. The Morgan fingerprint density at radius 1 is 0.794 bits per heavy atom. The second-order valence-corrected chi connectivity index (χ2v) is 10.1. The van der Waals surface area contributed by atoms with Crippen molar-refractivity contribution in [1.29, 1.82) is 0 Å². The number of benzene rings is 1. The summed E-state index contributed by atoms with van der Waals surface area (Å²) in [7, 11) is 0. The van der Waals surface area contributed by atoms with Gasteiger partial charge >= 0.3 is 0 Å². The predicted molar refractivity (Wildman–Crippen MR) is 146 cm³/mol. The lowest BCUT2D eigenvalue weighted by molar-refractivity contribution is -0.132. The van der Waals surface area contributed by atoms with E-state index in [9.17, 15) is 4.79 Å². The van der Waals surface area contributed by atoms with E-state index in [1.54, 1.807) is 0 Å². The smallest absolute Gasteiger partial charge is 0.222 e. The van der Waals surface area contributed by atoms with Crippen LogP contribution >= 0.6 is 11.6 Å². The molecule has 0 aliphatic carbocycles. The lowest BCUT2D eigenvalue weighted by atomic mass is 10.1. The van der Waals surface area contributed by atoms with Gasteiger partial charge in [0, 0.05) is 36.4 Å². The Morgan fingerprint density at radius 3 is 2.06 bits per heavy atom. The third kappa shape index (κ3) is 11.1. The number of unbranched alkanes of at least 4 members (excludes halogenated alkanes) is 11. The maximum atomic E-state index is 13.1. The molecule has 4 heteroatoms. The highest BCUT2D eigenvalue weighted by atomic mass is 35.5. The van der Waals surface area contributed by atoms with Crippen molar-refractivity contribution in [2.45, 2.75) is 117 Å². The maximum Gasteiger partial charge on any atom is 0.222 e. The molecule has 2 aromatic rings. The summed E-state index contributed by atoms with van der Waals surface area (Å²) >= 11 is 6.38. The van der Waals surface area contributed by atoms with E-state index in [1.165, 1.54) is 69.9 Å². The van der Waals surface area contributed by atoms with E-state index in [4.69, 9.17) is 11.6 Å². The van der Waals surface area contributed by atoms with Gasteiger partial charge in [-0.05, 0) is 36.6 Å². The predicted octanol–water partition coefficient (Wildman–Crippen LogP) is 9.02. The summed E-state index contributed by atoms with van der Waals surface area (Å²) in [6.07, 6.45) is 19.3. The first kappa shape index (κ1) is 28.5. The first-order valence-electron chi connectivity index (χ1n) is 13.8. The minimum absolute atomic E-state index is 0.301. The minimum atomic E-state index is 0.301. The number of carbonyl (C=O) groups is 1. The molecule has 1 heterocycles. The van der Waals surface area contributed by atoms with E-state index in [-0.39, 0.29) is 0 Å². The van der Waals surface area contributed by atoms with E-state index in [2.05, 4.69) is 47.7 Å². The van der Waals surface area contributed by atoms with E-state index < -0.39 is 0 Å². The fourth-order valence-corrected chi connectivity index (χ4v) is 4.69. The largest absolute Gasteiger partial charge is 0.345 e. The van der Waals surface area contributed by atoms with Gasteiger partial charge in [-0.25, -0.2) is 0 Å². The summed E-state index contributed by atoms with van der Waals surface area (Å²) in [5, 5.41) is 0.789. The standard InChI is InChI=1S/C30H47ClN2O/c1-3-5-7-8-9-10-11-12-13-14-15-22-30(34)33(23-6-4-2)26-28-20-18-24-32(28)25-27-19-16-17-21-29(27)31/h16-21,24H,3-15,22-23,25-26H2,1-2H3. The van der Waals surface area contributed by atoms with Crippen LogP contribution in [-0.4, -0.2) is 21.9 Å². The SMILES string of the molecule is CCCCCCCCCCCCCC(=O)N(CCCC)Cc1cccn1Cc1ccccc1Cl. The van der Waals surface area contributed by atoms with Gasteiger partial charge in [-0.1, -0.05) is 114 Å². The molecule has 0 fully saturated rings. The number of hydrogen-bond donors (Lipinski definition) is 0. The molecule has 0 aliphatic heterocycles. The van der Waals surface area contributed by atoms with Crippen LogP contribution in [0.1, 0.15) is 115 Å². The van der Waals surface area contributed by atoms with Crippen LogP contribution < -0.4 is 0 Å². The monoisotopic (exact) mass is 486 g/mol.